The minimum absolute atomic E-state index is 0.198. The average Bonchev–Trinajstić information content (AvgIpc) is 3.26. The van der Waals surface area contributed by atoms with Crippen LogP contribution in [-0.2, 0) is 16.1 Å². The maximum absolute atomic E-state index is 13.7. The zero-order valence-electron chi connectivity index (χ0n) is 22.2. The highest BCUT2D eigenvalue weighted by molar-refractivity contribution is 7.07. The van der Waals surface area contributed by atoms with Gasteiger partial charge in [-0.2, -0.15) is 0 Å². The van der Waals surface area contributed by atoms with Gasteiger partial charge in [-0.1, -0.05) is 59.3 Å². The second-order valence-corrected chi connectivity index (χ2v) is 10.7. The minimum atomic E-state index is -0.976. The van der Waals surface area contributed by atoms with Crippen LogP contribution in [0, 0.1) is 0 Å². The first kappa shape index (κ1) is 28.1. The van der Waals surface area contributed by atoms with E-state index in [4.69, 9.17) is 26.2 Å². The summed E-state index contributed by atoms with van der Waals surface area (Å²) in [5.41, 5.74) is 3.11. The van der Waals surface area contributed by atoms with Crippen molar-refractivity contribution in [2.45, 2.75) is 26.5 Å². The lowest BCUT2D eigenvalue weighted by atomic mass is 9.96. The standard InChI is InChI=1S/C31H25ClN2O6S/c1-3-39-30(38)26-18(2)33-31-34(27(26)21-10-12-23(32)13-11-21)28(35)25(41-31)16-19-6-14-24(15-7-19)40-17-20-4-8-22(9-5-20)29(36)37/h4-16,27H,3,17H2,1-2H3,(H,36,37)/b25-16+/t27-/m0/s1. The van der Waals surface area contributed by atoms with Crippen molar-refractivity contribution in [3.05, 3.63) is 131 Å². The Morgan fingerprint density at radius 1 is 1.05 bits per heavy atom. The van der Waals surface area contributed by atoms with E-state index in [9.17, 15) is 14.4 Å². The van der Waals surface area contributed by atoms with Crippen LogP contribution in [0.15, 0.2) is 93.9 Å². The Labute approximate surface area is 244 Å². The second-order valence-electron chi connectivity index (χ2n) is 9.21. The predicted molar refractivity (Wildman–Crippen MR) is 156 cm³/mol. The summed E-state index contributed by atoms with van der Waals surface area (Å²) in [7, 11) is 0. The van der Waals surface area contributed by atoms with Crippen LogP contribution in [0.3, 0.4) is 0 Å². The number of ether oxygens (including phenoxy) is 2. The predicted octanol–water partition coefficient (Wildman–Crippen LogP) is 4.73. The number of carboxylic acids is 1. The fraction of sp³-hybridized carbons (Fsp3) is 0.161. The largest absolute Gasteiger partial charge is 0.489 e. The molecule has 41 heavy (non-hydrogen) atoms. The molecule has 1 aromatic heterocycles. The molecule has 0 aliphatic carbocycles. The van der Waals surface area contributed by atoms with E-state index < -0.39 is 18.0 Å². The summed E-state index contributed by atoms with van der Waals surface area (Å²) in [6.07, 6.45) is 1.78. The summed E-state index contributed by atoms with van der Waals surface area (Å²) in [6, 6.07) is 20.1. The van der Waals surface area contributed by atoms with Crippen molar-refractivity contribution in [3.8, 4) is 5.75 Å². The number of thiazole rings is 1. The molecule has 4 aromatic rings. The molecule has 1 N–H and O–H groups in total. The van der Waals surface area contributed by atoms with Gasteiger partial charge in [-0.15, -0.1) is 0 Å². The molecule has 0 radical (unpaired) electrons. The van der Waals surface area contributed by atoms with Gasteiger partial charge in [-0.3, -0.25) is 9.36 Å². The number of aromatic carboxylic acids is 1. The van der Waals surface area contributed by atoms with Crippen molar-refractivity contribution in [3.63, 3.8) is 0 Å². The molecule has 10 heteroatoms. The maximum Gasteiger partial charge on any atom is 0.338 e. The summed E-state index contributed by atoms with van der Waals surface area (Å²) in [5.74, 6) is -0.865. The molecule has 1 aliphatic heterocycles. The van der Waals surface area contributed by atoms with Gasteiger partial charge in [0.2, 0.25) is 0 Å². The van der Waals surface area contributed by atoms with Crippen LogP contribution >= 0.6 is 22.9 Å². The van der Waals surface area contributed by atoms with E-state index >= 15 is 0 Å². The normalized spacial score (nSPS) is 14.8. The van der Waals surface area contributed by atoms with Crippen molar-refractivity contribution in [2.24, 2.45) is 4.99 Å². The number of benzene rings is 3. The molecule has 1 aliphatic rings. The molecule has 208 valence electrons. The first-order valence-corrected chi connectivity index (χ1v) is 13.9. The molecule has 0 unspecified atom stereocenters. The fourth-order valence-electron chi connectivity index (χ4n) is 4.47. The Morgan fingerprint density at radius 2 is 1.73 bits per heavy atom. The van der Waals surface area contributed by atoms with Crippen LogP contribution in [0.1, 0.15) is 46.9 Å². The van der Waals surface area contributed by atoms with E-state index in [0.717, 1.165) is 16.7 Å². The summed E-state index contributed by atoms with van der Waals surface area (Å²) in [5, 5.41) is 9.58. The topological polar surface area (TPSA) is 107 Å². The second kappa shape index (κ2) is 12.0. The van der Waals surface area contributed by atoms with E-state index in [1.807, 2.05) is 12.1 Å². The highest BCUT2D eigenvalue weighted by Crippen LogP contribution is 2.31. The number of rotatable bonds is 8. The number of esters is 1. The number of aromatic nitrogens is 1. The fourth-order valence-corrected chi connectivity index (χ4v) is 5.65. The van der Waals surface area contributed by atoms with Gasteiger partial charge in [0.05, 0.1) is 34.0 Å². The molecular formula is C31H25ClN2O6S. The van der Waals surface area contributed by atoms with Crippen LogP contribution < -0.4 is 19.6 Å². The summed E-state index contributed by atoms with van der Waals surface area (Å²) >= 11 is 7.36. The van der Waals surface area contributed by atoms with Crippen LogP contribution in [0.2, 0.25) is 5.02 Å². The number of nitrogens with zero attached hydrogens (tertiary/aromatic N) is 2. The van der Waals surface area contributed by atoms with Crippen molar-refractivity contribution in [2.75, 3.05) is 6.61 Å². The van der Waals surface area contributed by atoms with Crippen LogP contribution in [0.25, 0.3) is 6.08 Å². The number of hydrogen-bond donors (Lipinski definition) is 1. The number of carbonyl (C=O) groups excluding carboxylic acids is 1. The van der Waals surface area contributed by atoms with E-state index in [0.29, 0.717) is 31.4 Å². The lowest BCUT2D eigenvalue weighted by Crippen LogP contribution is -2.39. The van der Waals surface area contributed by atoms with Gasteiger partial charge in [0.1, 0.15) is 12.4 Å². The maximum atomic E-state index is 13.7. The van der Waals surface area contributed by atoms with Gasteiger partial charge in [-0.25, -0.2) is 14.6 Å². The zero-order valence-corrected chi connectivity index (χ0v) is 23.7. The number of hydrogen-bond acceptors (Lipinski definition) is 7. The molecule has 3 aromatic carbocycles. The molecular weight excluding hydrogens is 564 g/mol. The molecule has 8 nitrogen and oxygen atoms in total. The van der Waals surface area contributed by atoms with E-state index in [2.05, 4.69) is 4.99 Å². The third-order valence-corrected chi connectivity index (χ3v) is 7.72. The molecule has 0 bridgehead atoms. The smallest absolute Gasteiger partial charge is 0.338 e. The number of carboxylic acid groups (broad SMARTS) is 1. The SMILES string of the molecule is CCOC(=O)C1=C(C)N=c2s/c(=C/c3ccc(OCc4ccc(C(=O)O)cc4)cc3)c(=O)n2[C@H]1c1ccc(Cl)cc1. The van der Waals surface area contributed by atoms with Gasteiger partial charge in [0, 0.05) is 5.02 Å². The van der Waals surface area contributed by atoms with Crippen LogP contribution in [-0.4, -0.2) is 28.2 Å². The molecule has 0 saturated heterocycles. The zero-order chi connectivity index (χ0) is 29.1. The van der Waals surface area contributed by atoms with E-state index in [1.165, 1.54) is 28.0 Å². The molecule has 0 spiro atoms. The third kappa shape index (κ3) is 6.01. The molecule has 5 rings (SSSR count). The molecule has 0 amide bonds. The summed E-state index contributed by atoms with van der Waals surface area (Å²) in [6.45, 7) is 3.95. The third-order valence-electron chi connectivity index (χ3n) is 6.49. The average molecular weight is 589 g/mol. The number of carbonyl (C=O) groups is 2. The first-order chi connectivity index (χ1) is 19.7. The molecule has 0 fully saturated rings. The Kier molecular flexibility index (Phi) is 8.19. The highest BCUT2D eigenvalue weighted by atomic mass is 35.5. The summed E-state index contributed by atoms with van der Waals surface area (Å²) < 4.78 is 13.1. The van der Waals surface area contributed by atoms with Crippen LogP contribution in [0.4, 0.5) is 0 Å². The van der Waals surface area contributed by atoms with Crippen molar-refractivity contribution in [1.29, 1.82) is 0 Å². The highest BCUT2D eigenvalue weighted by Gasteiger charge is 2.33. The van der Waals surface area contributed by atoms with Crippen LogP contribution in [0.5, 0.6) is 5.75 Å². The lowest BCUT2D eigenvalue weighted by molar-refractivity contribution is -0.139. The van der Waals surface area contributed by atoms with Crippen molar-refractivity contribution in [1.82, 2.24) is 4.57 Å². The van der Waals surface area contributed by atoms with Gasteiger partial charge in [-0.05, 0) is 73.0 Å². The Morgan fingerprint density at radius 3 is 2.37 bits per heavy atom. The van der Waals surface area contributed by atoms with Crippen molar-refractivity contribution >= 4 is 41.0 Å². The van der Waals surface area contributed by atoms with Gasteiger partial charge in [0.15, 0.2) is 4.80 Å². The van der Waals surface area contributed by atoms with E-state index in [-0.39, 0.29) is 24.3 Å². The number of allylic oxidation sites excluding steroid dienone is 1. The molecule has 0 saturated carbocycles. The van der Waals surface area contributed by atoms with Crippen molar-refractivity contribution < 1.29 is 24.2 Å². The monoisotopic (exact) mass is 588 g/mol. The summed E-state index contributed by atoms with van der Waals surface area (Å²) in [4.78, 5) is 42.8. The first-order valence-electron chi connectivity index (χ1n) is 12.8. The molecule has 2 heterocycles. The lowest BCUT2D eigenvalue weighted by Gasteiger charge is -2.24. The quantitative estimate of drug-likeness (QED) is 0.298. The Hall–Kier alpha value is -4.47. The Bertz CT molecular complexity index is 1820. The van der Waals surface area contributed by atoms with E-state index in [1.54, 1.807) is 68.5 Å². The minimum Gasteiger partial charge on any atom is -0.489 e. The number of fused-ring (bicyclic) bond motifs is 1. The van der Waals surface area contributed by atoms with Gasteiger partial charge >= 0.3 is 11.9 Å². The van der Waals surface area contributed by atoms with Gasteiger partial charge < -0.3 is 14.6 Å². The van der Waals surface area contributed by atoms with Gasteiger partial charge in [0.25, 0.3) is 5.56 Å². The Balaban J connectivity index is 1.44. The number of halogens is 1. The molecule has 1 atom stereocenters.